The molecule has 1 aromatic carbocycles. The maximum Gasteiger partial charge on any atom is 0.387 e. The third-order valence-electron chi connectivity index (χ3n) is 1.85. The van der Waals surface area contributed by atoms with E-state index >= 15 is 0 Å². The average Bonchev–Trinajstić information content (AvgIpc) is 2.19. The van der Waals surface area contributed by atoms with Crippen molar-refractivity contribution in [1.82, 2.24) is 0 Å². The van der Waals surface area contributed by atoms with Crippen LogP contribution in [-0.4, -0.2) is 18.7 Å². The fourth-order valence-corrected chi connectivity index (χ4v) is 1.65. The highest BCUT2D eigenvalue weighted by Gasteiger charge is 2.18. The Morgan fingerprint density at radius 3 is 2.56 bits per heavy atom. The second kappa shape index (κ2) is 5.16. The van der Waals surface area contributed by atoms with E-state index in [1.807, 2.05) is 0 Å². The molecule has 0 aromatic heterocycles. The fraction of sp³-hybridized carbons (Fsp3) is 0.200. The number of ether oxygens (including phenoxy) is 1. The van der Waals surface area contributed by atoms with Crippen molar-refractivity contribution in [2.24, 2.45) is 0 Å². The second-order valence-electron chi connectivity index (χ2n) is 2.89. The van der Waals surface area contributed by atoms with E-state index in [9.17, 15) is 18.4 Å². The number of alkyl halides is 2. The molecule has 0 N–H and O–H groups in total. The van der Waals surface area contributed by atoms with Crippen LogP contribution in [0.15, 0.2) is 16.6 Å². The summed E-state index contributed by atoms with van der Waals surface area (Å²) in [4.78, 5) is 21.9. The lowest BCUT2D eigenvalue weighted by molar-refractivity contribution is -0.0506. The summed E-state index contributed by atoms with van der Waals surface area (Å²) in [6, 6.07) is 2.75. The van der Waals surface area contributed by atoms with Crippen LogP contribution in [0, 0.1) is 0 Å². The minimum absolute atomic E-state index is 0.0499. The van der Waals surface area contributed by atoms with E-state index in [1.165, 1.54) is 19.1 Å². The SMILES string of the molecule is CC(=O)c1ccc(Br)c(OC(F)F)c1C=O. The number of Topliss-reactive ketones (excluding diaryl/α,β-unsaturated/α-hetero) is 1. The summed E-state index contributed by atoms with van der Waals surface area (Å²) in [6.45, 7) is -1.82. The summed E-state index contributed by atoms with van der Waals surface area (Å²) >= 11 is 2.97. The van der Waals surface area contributed by atoms with Gasteiger partial charge in [0.1, 0.15) is 0 Å². The Labute approximate surface area is 98.5 Å². The molecule has 3 nitrogen and oxygen atoms in total. The smallest absolute Gasteiger partial charge is 0.387 e. The van der Waals surface area contributed by atoms with Crippen LogP contribution in [0.2, 0.25) is 0 Å². The number of hydrogen-bond donors (Lipinski definition) is 0. The maximum absolute atomic E-state index is 12.1. The van der Waals surface area contributed by atoms with Crippen LogP contribution in [0.25, 0.3) is 0 Å². The number of carbonyl (C=O) groups excluding carboxylic acids is 2. The Morgan fingerprint density at radius 1 is 1.50 bits per heavy atom. The largest absolute Gasteiger partial charge is 0.433 e. The van der Waals surface area contributed by atoms with Crippen LogP contribution >= 0.6 is 15.9 Å². The van der Waals surface area contributed by atoms with Gasteiger partial charge < -0.3 is 4.74 Å². The quantitative estimate of drug-likeness (QED) is 0.633. The van der Waals surface area contributed by atoms with Gasteiger partial charge >= 0.3 is 6.61 Å². The zero-order chi connectivity index (χ0) is 12.3. The van der Waals surface area contributed by atoms with Crippen LogP contribution in [-0.2, 0) is 0 Å². The van der Waals surface area contributed by atoms with Gasteiger partial charge in [-0.2, -0.15) is 8.78 Å². The Kier molecular flexibility index (Phi) is 4.12. The lowest BCUT2D eigenvalue weighted by Crippen LogP contribution is -2.08. The van der Waals surface area contributed by atoms with Crippen LogP contribution in [0.4, 0.5) is 8.78 Å². The molecule has 0 unspecified atom stereocenters. The normalized spacial score (nSPS) is 10.3. The summed E-state index contributed by atoms with van der Waals surface area (Å²) in [6.07, 6.45) is 0.319. The van der Waals surface area contributed by atoms with E-state index in [1.54, 1.807) is 0 Å². The molecule has 0 bridgehead atoms. The third-order valence-corrected chi connectivity index (χ3v) is 2.48. The van der Waals surface area contributed by atoms with Gasteiger partial charge in [0.15, 0.2) is 17.8 Å². The third kappa shape index (κ3) is 2.63. The van der Waals surface area contributed by atoms with E-state index in [4.69, 9.17) is 0 Å². The molecule has 0 fully saturated rings. The van der Waals surface area contributed by atoms with Crippen molar-refractivity contribution >= 4 is 28.0 Å². The first-order valence-corrected chi connectivity index (χ1v) is 5.00. The topological polar surface area (TPSA) is 43.4 Å². The molecule has 16 heavy (non-hydrogen) atoms. The average molecular weight is 293 g/mol. The van der Waals surface area contributed by atoms with E-state index in [0.717, 1.165) is 0 Å². The van der Waals surface area contributed by atoms with Crippen molar-refractivity contribution in [3.8, 4) is 5.75 Å². The molecule has 86 valence electrons. The Bertz CT molecular complexity index is 432. The minimum Gasteiger partial charge on any atom is -0.433 e. The van der Waals surface area contributed by atoms with Gasteiger partial charge in [-0.05, 0) is 35.0 Å². The van der Waals surface area contributed by atoms with Gasteiger partial charge in [0.25, 0.3) is 0 Å². The molecule has 0 saturated carbocycles. The van der Waals surface area contributed by atoms with Crippen LogP contribution in [0.5, 0.6) is 5.75 Å². The Balaban J connectivity index is 3.38. The predicted molar refractivity (Wildman–Crippen MR) is 56.2 cm³/mol. The Morgan fingerprint density at radius 2 is 2.12 bits per heavy atom. The number of ketones is 1. The summed E-state index contributed by atoms with van der Waals surface area (Å²) in [7, 11) is 0. The van der Waals surface area contributed by atoms with Gasteiger partial charge in [-0.15, -0.1) is 0 Å². The Hall–Kier alpha value is -1.30. The molecule has 0 atom stereocenters. The van der Waals surface area contributed by atoms with Crippen molar-refractivity contribution in [3.63, 3.8) is 0 Å². The van der Waals surface area contributed by atoms with E-state index in [2.05, 4.69) is 20.7 Å². The summed E-state index contributed by atoms with van der Waals surface area (Å²) < 4.78 is 28.6. The molecule has 0 aliphatic carbocycles. The molecular weight excluding hydrogens is 286 g/mol. The first-order valence-electron chi connectivity index (χ1n) is 4.20. The van der Waals surface area contributed by atoms with E-state index < -0.39 is 12.4 Å². The van der Waals surface area contributed by atoms with Crippen molar-refractivity contribution in [2.75, 3.05) is 0 Å². The molecule has 6 heteroatoms. The van der Waals surface area contributed by atoms with Crippen LogP contribution < -0.4 is 4.74 Å². The lowest BCUT2D eigenvalue weighted by atomic mass is 10.0. The fourth-order valence-electron chi connectivity index (χ4n) is 1.21. The van der Waals surface area contributed by atoms with Gasteiger partial charge in [-0.1, -0.05) is 0 Å². The number of benzene rings is 1. The molecule has 0 spiro atoms. The zero-order valence-electron chi connectivity index (χ0n) is 8.17. The highest BCUT2D eigenvalue weighted by atomic mass is 79.9. The summed E-state index contributed by atoms with van der Waals surface area (Å²) in [5.41, 5.74) is -0.129. The molecule has 1 aromatic rings. The predicted octanol–water partition coefficient (Wildman–Crippen LogP) is 3.07. The first kappa shape index (κ1) is 12.8. The monoisotopic (exact) mass is 292 g/mol. The standard InChI is InChI=1S/C10H7BrF2O3/c1-5(15)6-2-3-8(11)9(7(6)4-14)16-10(12)13/h2-4,10H,1H3. The van der Waals surface area contributed by atoms with Gasteiger partial charge in [0.05, 0.1) is 10.0 Å². The second-order valence-corrected chi connectivity index (χ2v) is 3.74. The van der Waals surface area contributed by atoms with Gasteiger partial charge in [0.2, 0.25) is 0 Å². The van der Waals surface area contributed by atoms with Crippen LogP contribution in [0.3, 0.4) is 0 Å². The highest BCUT2D eigenvalue weighted by Crippen LogP contribution is 2.32. The summed E-state index contributed by atoms with van der Waals surface area (Å²) in [5.74, 6) is -0.716. The van der Waals surface area contributed by atoms with Gasteiger partial charge in [0, 0.05) is 5.56 Å². The molecular formula is C10H7BrF2O3. The maximum atomic E-state index is 12.1. The minimum atomic E-state index is -3.06. The van der Waals surface area contributed by atoms with Crippen molar-refractivity contribution in [1.29, 1.82) is 0 Å². The van der Waals surface area contributed by atoms with Crippen LogP contribution in [0.1, 0.15) is 27.6 Å². The number of hydrogen-bond acceptors (Lipinski definition) is 3. The number of carbonyl (C=O) groups is 2. The molecule has 0 saturated heterocycles. The van der Waals surface area contributed by atoms with E-state index in [0.29, 0.717) is 6.29 Å². The number of halogens is 3. The van der Waals surface area contributed by atoms with Gasteiger partial charge in [-0.3, -0.25) is 9.59 Å². The molecule has 0 aliphatic heterocycles. The van der Waals surface area contributed by atoms with Crippen molar-refractivity contribution in [2.45, 2.75) is 13.5 Å². The summed E-state index contributed by atoms with van der Waals surface area (Å²) in [5, 5.41) is 0. The molecule has 1 rings (SSSR count). The lowest BCUT2D eigenvalue weighted by Gasteiger charge is -2.11. The molecule has 0 amide bonds. The van der Waals surface area contributed by atoms with E-state index in [-0.39, 0.29) is 21.3 Å². The van der Waals surface area contributed by atoms with Gasteiger partial charge in [-0.25, -0.2) is 0 Å². The number of aldehydes is 1. The first-order chi connectivity index (χ1) is 7.47. The molecule has 0 heterocycles. The molecule has 0 radical (unpaired) electrons. The van der Waals surface area contributed by atoms with Crippen molar-refractivity contribution < 1.29 is 23.1 Å². The number of rotatable bonds is 4. The van der Waals surface area contributed by atoms with Crippen molar-refractivity contribution in [3.05, 3.63) is 27.7 Å². The zero-order valence-corrected chi connectivity index (χ0v) is 9.75. The highest BCUT2D eigenvalue weighted by molar-refractivity contribution is 9.10. The molecule has 0 aliphatic rings.